The van der Waals surface area contributed by atoms with Gasteiger partial charge in [0.1, 0.15) is 5.82 Å². The molecule has 0 aliphatic rings. The number of aryl methyl sites for hydroxylation is 1. The molecule has 0 aliphatic heterocycles. The van der Waals surface area contributed by atoms with Crippen LogP contribution in [0.4, 0.5) is 5.82 Å². The summed E-state index contributed by atoms with van der Waals surface area (Å²) in [4.78, 5) is 0. The van der Waals surface area contributed by atoms with Crippen molar-refractivity contribution < 1.29 is 8.42 Å². The zero-order valence-electron chi connectivity index (χ0n) is 8.90. The Morgan fingerprint density at radius 2 is 2.35 bits per heavy atom. The summed E-state index contributed by atoms with van der Waals surface area (Å²) in [5.41, 5.74) is 0.834. The summed E-state index contributed by atoms with van der Waals surface area (Å²) in [5.74, 6) is 0.424. The zero-order chi connectivity index (χ0) is 12.5. The maximum atomic E-state index is 12.1. The number of aromatic amines is 1. The lowest BCUT2D eigenvalue weighted by Gasteiger charge is -2.06. The number of rotatable bonds is 4. The third-order valence-corrected chi connectivity index (χ3v) is 6.18. The predicted octanol–water partition coefficient (Wildman–Crippen LogP) is 2.60. The first-order valence-electron chi connectivity index (χ1n) is 4.82. The minimum atomic E-state index is -3.55. The quantitative estimate of drug-likeness (QED) is 0.901. The average molecular weight is 336 g/mol. The van der Waals surface area contributed by atoms with E-state index in [0.29, 0.717) is 16.7 Å². The second-order valence-electron chi connectivity index (χ2n) is 3.29. The lowest BCUT2D eigenvalue weighted by atomic mass is 10.3. The molecule has 0 amide bonds. The predicted molar refractivity (Wildman–Crippen MR) is 70.8 cm³/mol. The molecule has 2 aromatic rings. The third kappa shape index (κ3) is 2.53. The molecule has 0 bridgehead atoms. The van der Waals surface area contributed by atoms with Crippen LogP contribution in [0.25, 0.3) is 0 Å². The number of nitrogens with one attached hydrogen (secondary N) is 2. The highest BCUT2D eigenvalue weighted by Gasteiger charge is 2.20. The number of halogens is 1. The Hall–Kier alpha value is -0.860. The van der Waals surface area contributed by atoms with Gasteiger partial charge in [0.15, 0.2) is 4.21 Å². The van der Waals surface area contributed by atoms with Crippen LogP contribution in [0.2, 0.25) is 0 Å². The van der Waals surface area contributed by atoms with Gasteiger partial charge < -0.3 is 0 Å². The Kier molecular flexibility index (Phi) is 3.55. The molecule has 0 saturated heterocycles. The Balaban J connectivity index is 2.33. The second kappa shape index (κ2) is 4.79. The van der Waals surface area contributed by atoms with E-state index < -0.39 is 10.0 Å². The number of H-pyrrole nitrogens is 1. The molecule has 0 radical (unpaired) electrons. The molecule has 0 fully saturated rings. The Morgan fingerprint density at radius 3 is 2.94 bits per heavy atom. The number of thiophene rings is 1. The monoisotopic (exact) mass is 335 g/mol. The number of anilines is 1. The first-order chi connectivity index (χ1) is 8.04. The van der Waals surface area contributed by atoms with Crippen molar-refractivity contribution in [3.8, 4) is 0 Å². The number of hydrogen-bond donors (Lipinski definition) is 2. The van der Waals surface area contributed by atoms with Crippen LogP contribution in [-0.4, -0.2) is 18.6 Å². The van der Waals surface area contributed by atoms with Gasteiger partial charge >= 0.3 is 0 Å². The molecule has 8 heteroatoms. The van der Waals surface area contributed by atoms with Gasteiger partial charge in [0.25, 0.3) is 10.0 Å². The summed E-state index contributed by atoms with van der Waals surface area (Å²) in [6.45, 7) is 1.93. The van der Waals surface area contributed by atoms with Gasteiger partial charge in [-0.2, -0.15) is 5.10 Å². The van der Waals surface area contributed by atoms with Crippen LogP contribution < -0.4 is 4.72 Å². The third-order valence-electron chi connectivity index (χ3n) is 2.16. The molecule has 2 heterocycles. The highest BCUT2D eigenvalue weighted by Crippen LogP contribution is 2.29. The van der Waals surface area contributed by atoms with Crippen LogP contribution in [0.3, 0.4) is 0 Å². The van der Waals surface area contributed by atoms with E-state index in [9.17, 15) is 8.42 Å². The largest absolute Gasteiger partial charge is 0.273 e. The summed E-state index contributed by atoms with van der Waals surface area (Å²) in [6, 6.07) is 1.70. The van der Waals surface area contributed by atoms with Crippen molar-refractivity contribution in [1.29, 1.82) is 0 Å². The minimum absolute atomic E-state index is 0.258. The van der Waals surface area contributed by atoms with Gasteiger partial charge in [-0.3, -0.25) is 9.82 Å². The fraction of sp³-hybridized carbons (Fsp3) is 0.222. The topological polar surface area (TPSA) is 74.8 Å². The molecule has 0 aromatic carbocycles. The van der Waals surface area contributed by atoms with E-state index in [1.54, 1.807) is 17.6 Å². The van der Waals surface area contributed by atoms with Gasteiger partial charge in [-0.05, 0) is 33.8 Å². The standard InChI is InChI=1S/C9H10BrN3O2S2/c1-2-6-5-11-12-8(6)13-17(14,15)9-7(10)3-4-16-9/h3-5H,2H2,1H3,(H2,11,12,13). The zero-order valence-corrected chi connectivity index (χ0v) is 12.1. The average Bonchev–Trinajstić information content (AvgIpc) is 2.86. The van der Waals surface area contributed by atoms with Crippen LogP contribution in [0.15, 0.2) is 26.3 Å². The van der Waals surface area contributed by atoms with Crippen LogP contribution in [0, 0.1) is 0 Å². The molecule has 2 rings (SSSR count). The maximum Gasteiger partial charge on any atom is 0.273 e. The molecule has 92 valence electrons. The fourth-order valence-corrected chi connectivity index (χ4v) is 4.72. The summed E-state index contributed by atoms with van der Waals surface area (Å²) in [5, 5.41) is 8.18. The van der Waals surface area contributed by atoms with Gasteiger partial charge in [0.05, 0.1) is 6.20 Å². The van der Waals surface area contributed by atoms with Crippen molar-refractivity contribution >= 4 is 43.1 Å². The van der Waals surface area contributed by atoms with Gasteiger partial charge in [0.2, 0.25) is 0 Å². The SMILES string of the molecule is CCc1cn[nH]c1NS(=O)(=O)c1sccc1Br. The number of hydrogen-bond acceptors (Lipinski definition) is 4. The van der Waals surface area contributed by atoms with Crippen molar-refractivity contribution in [3.63, 3.8) is 0 Å². The molecule has 0 unspecified atom stereocenters. The molecular formula is C9H10BrN3O2S2. The van der Waals surface area contributed by atoms with Gasteiger partial charge in [-0.15, -0.1) is 11.3 Å². The summed E-state index contributed by atoms with van der Waals surface area (Å²) in [6.07, 6.45) is 2.32. The molecule has 17 heavy (non-hydrogen) atoms. The summed E-state index contributed by atoms with van der Waals surface area (Å²) >= 11 is 4.37. The van der Waals surface area contributed by atoms with Gasteiger partial charge in [-0.25, -0.2) is 8.42 Å². The molecule has 2 aromatic heterocycles. The molecule has 2 N–H and O–H groups in total. The van der Waals surface area contributed by atoms with Crippen molar-refractivity contribution in [2.45, 2.75) is 17.6 Å². The van der Waals surface area contributed by atoms with Crippen molar-refractivity contribution in [3.05, 3.63) is 27.7 Å². The van der Waals surface area contributed by atoms with Crippen LogP contribution in [0.5, 0.6) is 0 Å². The lowest BCUT2D eigenvalue weighted by Crippen LogP contribution is -2.13. The first-order valence-corrected chi connectivity index (χ1v) is 7.98. The maximum absolute atomic E-state index is 12.1. The number of sulfonamides is 1. The first kappa shape index (κ1) is 12.6. The molecule has 0 saturated carbocycles. The van der Waals surface area contributed by atoms with Gasteiger partial charge in [0, 0.05) is 10.0 Å². The van der Waals surface area contributed by atoms with E-state index in [4.69, 9.17) is 0 Å². The summed E-state index contributed by atoms with van der Waals surface area (Å²) in [7, 11) is -3.55. The molecule has 0 atom stereocenters. The van der Waals surface area contributed by atoms with E-state index in [2.05, 4.69) is 30.8 Å². The van der Waals surface area contributed by atoms with Crippen LogP contribution in [0.1, 0.15) is 12.5 Å². The van der Waals surface area contributed by atoms with Crippen molar-refractivity contribution in [2.75, 3.05) is 4.72 Å². The van der Waals surface area contributed by atoms with E-state index >= 15 is 0 Å². The normalized spacial score (nSPS) is 11.6. The smallest absolute Gasteiger partial charge is 0.263 e. The number of aromatic nitrogens is 2. The van der Waals surface area contributed by atoms with E-state index in [0.717, 1.165) is 16.9 Å². The lowest BCUT2D eigenvalue weighted by molar-refractivity contribution is 0.602. The van der Waals surface area contributed by atoms with Crippen LogP contribution in [-0.2, 0) is 16.4 Å². The fourth-order valence-electron chi connectivity index (χ4n) is 1.32. The van der Waals surface area contributed by atoms with Crippen molar-refractivity contribution in [2.24, 2.45) is 0 Å². The second-order valence-corrected chi connectivity index (χ2v) is 6.93. The Labute approximate surface area is 111 Å². The number of nitrogens with zero attached hydrogens (tertiary/aromatic N) is 1. The Morgan fingerprint density at radius 1 is 1.59 bits per heavy atom. The minimum Gasteiger partial charge on any atom is -0.263 e. The highest BCUT2D eigenvalue weighted by atomic mass is 79.9. The molecular weight excluding hydrogens is 326 g/mol. The van der Waals surface area contributed by atoms with E-state index in [1.165, 1.54) is 0 Å². The molecule has 0 spiro atoms. The van der Waals surface area contributed by atoms with Crippen molar-refractivity contribution in [1.82, 2.24) is 10.2 Å². The summed E-state index contributed by atoms with van der Waals surface area (Å²) < 4.78 is 27.5. The van der Waals surface area contributed by atoms with E-state index in [1.807, 2.05) is 6.92 Å². The molecule has 5 nitrogen and oxygen atoms in total. The molecule has 0 aliphatic carbocycles. The highest BCUT2D eigenvalue weighted by molar-refractivity contribution is 9.10. The van der Waals surface area contributed by atoms with Crippen LogP contribution >= 0.6 is 27.3 Å². The Bertz CT molecular complexity index is 618. The van der Waals surface area contributed by atoms with E-state index in [-0.39, 0.29) is 4.21 Å². The van der Waals surface area contributed by atoms with Gasteiger partial charge in [-0.1, -0.05) is 6.92 Å².